The van der Waals surface area contributed by atoms with E-state index in [1.165, 1.54) is 6.07 Å². The van der Waals surface area contributed by atoms with Gasteiger partial charge in [-0.2, -0.15) is 0 Å². The lowest BCUT2D eigenvalue weighted by Gasteiger charge is -2.42. The Kier molecular flexibility index (Phi) is 9.09. The van der Waals surface area contributed by atoms with Gasteiger partial charge in [-0.05, 0) is 82.2 Å². The van der Waals surface area contributed by atoms with Gasteiger partial charge in [-0.3, -0.25) is 4.90 Å². The number of nitrogens with one attached hydrogen (secondary N) is 1. The van der Waals surface area contributed by atoms with Gasteiger partial charge < -0.3 is 9.64 Å². The third-order valence-corrected chi connectivity index (χ3v) is 8.80. The number of aromatic nitrogens is 1. The molecule has 198 valence electrons. The van der Waals surface area contributed by atoms with Crippen LogP contribution in [-0.2, 0) is 10.0 Å². The predicted molar refractivity (Wildman–Crippen MR) is 141 cm³/mol. The fourth-order valence-corrected chi connectivity index (χ4v) is 6.61. The van der Waals surface area contributed by atoms with Crippen LogP contribution in [0.2, 0.25) is 5.02 Å². The number of nitrogens with zero attached hydrogens (tertiary/aromatic N) is 3. The summed E-state index contributed by atoms with van der Waals surface area (Å²) in [6.45, 7) is 8.20. The highest BCUT2D eigenvalue weighted by atomic mass is 35.5. The molecule has 0 spiro atoms. The van der Waals surface area contributed by atoms with Gasteiger partial charge in [0.15, 0.2) is 11.6 Å². The fourth-order valence-electron chi connectivity index (χ4n) is 5.22. The molecule has 1 saturated heterocycles. The van der Waals surface area contributed by atoms with E-state index in [0.29, 0.717) is 18.5 Å². The highest BCUT2D eigenvalue weighted by Gasteiger charge is 2.29. The molecule has 0 radical (unpaired) electrons. The first kappa shape index (κ1) is 27.1. The number of rotatable bonds is 9. The lowest BCUT2D eigenvalue weighted by atomic mass is 9.83. The van der Waals surface area contributed by atoms with Gasteiger partial charge in [0.1, 0.15) is 10.7 Å². The summed E-state index contributed by atoms with van der Waals surface area (Å²) in [7, 11) is -3.92. The largest absolute Gasteiger partial charge is 0.487 e. The highest BCUT2D eigenvalue weighted by molar-refractivity contribution is 7.89. The lowest BCUT2D eigenvalue weighted by Crippen LogP contribution is -2.51. The number of ether oxygens (including phenoxy) is 1. The number of hydrogen-bond acceptors (Lipinski definition) is 6. The molecule has 1 aromatic heterocycles. The molecular formula is C26H36ClFN4O3S. The average Bonchev–Trinajstić information content (AvgIpc) is 2.86. The minimum atomic E-state index is -3.92. The Bertz CT molecular complexity index is 1120. The van der Waals surface area contributed by atoms with Gasteiger partial charge in [-0.15, -0.1) is 0 Å². The second-order valence-corrected chi connectivity index (χ2v) is 12.1. The van der Waals surface area contributed by atoms with Crippen molar-refractivity contribution < 1.29 is 17.5 Å². The summed E-state index contributed by atoms with van der Waals surface area (Å²) in [4.78, 5) is 9.09. The molecule has 2 aliphatic rings. The van der Waals surface area contributed by atoms with Crippen LogP contribution in [0.25, 0.3) is 0 Å². The molecule has 1 aromatic carbocycles. The normalized spacial score (nSPS) is 21.6. The van der Waals surface area contributed by atoms with Gasteiger partial charge >= 0.3 is 0 Å². The van der Waals surface area contributed by atoms with Gasteiger partial charge in [0.25, 0.3) is 0 Å². The molecule has 7 nitrogen and oxygen atoms in total. The van der Waals surface area contributed by atoms with Crippen LogP contribution >= 0.6 is 11.6 Å². The van der Waals surface area contributed by atoms with E-state index in [9.17, 15) is 12.8 Å². The standard InChI is InChI=1S/C26H36ClFN4O3S/c1-19(2)35-24-4-3-12-29-26(24)32-16-14-31(15-17-32)22-8-5-20(6-9-22)11-13-30-36(33,34)25-18-21(27)7-10-23(25)28/h3-4,7,10,12,18-20,22,30H,5-6,8-9,11,13-17H2,1-2H3. The zero-order valence-electron chi connectivity index (χ0n) is 21.0. The van der Waals surface area contributed by atoms with Crippen LogP contribution < -0.4 is 14.4 Å². The molecule has 36 heavy (non-hydrogen) atoms. The van der Waals surface area contributed by atoms with Crippen LogP contribution in [0.5, 0.6) is 5.75 Å². The van der Waals surface area contributed by atoms with Gasteiger partial charge in [0.2, 0.25) is 10.0 Å². The number of hydrogen-bond donors (Lipinski definition) is 1. The summed E-state index contributed by atoms with van der Waals surface area (Å²) in [5.41, 5.74) is 0. The lowest BCUT2D eigenvalue weighted by molar-refractivity contribution is 0.127. The molecule has 0 atom stereocenters. The highest BCUT2D eigenvalue weighted by Crippen LogP contribution is 2.32. The zero-order chi connectivity index (χ0) is 25.7. The van der Waals surface area contributed by atoms with E-state index in [0.717, 1.165) is 82.0 Å². The molecular weight excluding hydrogens is 503 g/mol. The van der Waals surface area contributed by atoms with Gasteiger partial charge in [0, 0.05) is 50.0 Å². The van der Waals surface area contributed by atoms with E-state index in [1.807, 2.05) is 32.2 Å². The van der Waals surface area contributed by atoms with Crippen LogP contribution in [0.1, 0.15) is 46.0 Å². The summed E-state index contributed by atoms with van der Waals surface area (Å²) < 4.78 is 47.4. The molecule has 2 fully saturated rings. The molecule has 0 amide bonds. The van der Waals surface area contributed by atoms with Crippen molar-refractivity contribution in [2.75, 3.05) is 37.6 Å². The molecule has 4 rings (SSSR count). The maximum absolute atomic E-state index is 14.0. The smallest absolute Gasteiger partial charge is 0.243 e. The number of sulfonamides is 1. The third-order valence-electron chi connectivity index (χ3n) is 7.09. The first-order valence-electron chi connectivity index (χ1n) is 12.8. The fraction of sp³-hybridized carbons (Fsp3) is 0.577. The van der Waals surface area contributed by atoms with Crippen LogP contribution in [0.3, 0.4) is 0 Å². The molecule has 0 unspecified atom stereocenters. The Morgan fingerprint density at radius 3 is 2.56 bits per heavy atom. The second-order valence-electron chi connectivity index (χ2n) is 9.95. The first-order chi connectivity index (χ1) is 17.2. The Morgan fingerprint density at radius 1 is 1.14 bits per heavy atom. The minimum Gasteiger partial charge on any atom is -0.487 e. The van der Waals surface area contributed by atoms with E-state index in [2.05, 4.69) is 19.5 Å². The first-order valence-corrected chi connectivity index (χ1v) is 14.6. The van der Waals surface area contributed by atoms with Crippen LogP contribution in [0, 0.1) is 11.7 Å². The Labute approximate surface area is 219 Å². The van der Waals surface area contributed by atoms with Crippen molar-refractivity contribution in [3.63, 3.8) is 0 Å². The Morgan fingerprint density at radius 2 is 1.86 bits per heavy atom. The van der Waals surface area contributed by atoms with E-state index in [1.54, 1.807) is 0 Å². The topological polar surface area (TPSA) is 74.8 Å². The van der Waals surface area contributed by atoms with Crippen molar-refractivity contribution in [1.82, 2.24) is 14.6 Å². The molecule has 2 aromatic rings. The van der Waals surface area contributed by atoms with Gasteiger partial charge in [-0.25, -0.2) is 22.5 Å². The molecule has 1 aliphatic carbocycles. The van der Waals surface area contributed by atoms with Crippen LogP contribution in [0.15, 0.2) is 41.4 Å². The van der Waals surface area contributed by atoms with Crippen LogP contribution in [0.4, 0.5) is 10.2 Å². The van der Waals surface area contributed by atoms with Gasteiger partial charge in [-0.1, -0.05) is 11.6 Å². The maximum Gasteiger partial charge on any atom is 0.243 e. The second kappa shape index (κ2) is 12.1. The molecule has 1 aliphatic heterocycles. The summed E-state index contributed by atoms with van der Waals surface area (Å²) in [6.07, 6.45) is 7.06. The average molecular weight is 539 g/mol. The van der Waals surface area contributed by atoms with Crippen molar-refractivity contribution in [1.29, 1.82) is 0 Å². The van der Waals surface area contributed by atoms with Crippen molar-refractivity contribution >= 4 is 27.4 Å². The molecule has 0 bridgehead atoms. The van der Waals surface area contributed by atoms with E-state index in [4.69, 9.17) is 16.3 Å². The number of pyridine rings is 1. The van der Waals surface area contributed by atoms with Crippen molar-refractivity contribution in [2.24, 2.45) is 5.92 Å². The molecule has 10 heteroatoms. The summed E-state index contributed by atoms with van der Waals surface area (Å²) in [5, 5.41) is 0.195. The number of piperazine rings is 1. The summed E-state index contributed by atoms with van der Waals surface area (Å²) in [6, 6.07) is 8.03. The molecule has 2 heterocycles. The molecule has 1 N–H and O–H groups in total. The summed E-state index contributed by atoms with van der Waals surface area (Å²) >= 11 is 5.85. The molecule has 1 saturated carbocycles. The quantitative estimate of drug-likeness (QED) is 0.498. The third kappa shape index (κ3) is 6.88. The van der Waals surface area contributed by atoms with E-state index >= 15 is 0 Å². The van der Waals surface area contributed by atoms with E-state index < -0.39 is 20.7 Å². The van der Waals surface area contributed by atoms with Crippen molar-refractivity contribution in [2.45, 2.75) is 63.0 Å². The monoisotopic (exact) mass is 538 g/mol. The SMILES string of the molecule is CC(C)Oc1cccnc1N1CCN(C2CCC(CCNS(=O)(=O)c3cc(Cl)ccc3F)CC2)CC1. The Balaban J connectivity index is 1.21. The van der Waals surface area contributed by atoms with Crippen molar-refractivity contribution in [3.05, 3.63) is 47.4 Å². The number of halogens is 2. The summed E-state index contributed by atoms with van der Waals surface area (Å²) in [5.74, 6) is 1.45. The van der Waals surface area contributed by atoms with Gasteiger partial charge in [0.05, 0.1) is 6.10 Å². The zero-order valence-corrected chi connectivity index (χ0v) is 22.6. The predicted octanol–water partition coefficient (Wildman–Crippen LogP) is 4.71. The minimum absolute atomic E-state index is 0.109. The van der Waals surface area contributed by atoms with E-state index in [-0.39, 0.29) is 11.1 Å². The number of anilines is 1. The van der Waals surface area contributed by atoms with Crippen LogP contribution in [-0.4, -0.2) is 63.2 Å². The Hall–Kier alpha value is -1.94. The maximum atomic E-state index is 14.0. The van der Waals surface area contributed by atoms with Crippen molar-refractivity contribution in [3.8, 4) is 5.75 Å². The number of benzene rings is 1.